The van der Waals surface area contributed by atoms with Gasteiger partial charge in [-0.3, -0.25) is 4.99 Å². The molecule has 0 aromatic heterocycles. The smallest absolute Gasteiger partial charge is 0.157 e. The fourth-order valence-electron chi connectivity index (χ4n) is 1.55. The maximum atomic E-state index is 4.57. The van der Waals surface area contributed by atoms with Gasteiger partial charge in [-0.05, 0) is 31.6 Å². The summed E-state index contributed by atoms with van der Waals surface area (Å²) in [7, 11) is 0. The highest BCUT2D eigenvalue weighted by atomic mass is 32.2. The van der Waals surface area contributed by atoms with E-state index in [4.69, 9.17) is 0 Å². The summed E-state index contributed by atoms with van der Waals surface area (Å²) in [5, 5.41) is 5.48. The molecule has 0 aromatic carbocycles. The molecular weight excluding hydrogens is 192 g/mol. The van der Waals surface area contributed by atoms with Crippen molar-refractivity contribution in [3.63, 3.8) is 0 Å². The lowest BCUT2D eigenvalue weighted by Crippen LogP contribution is -2.34. The van der Waals surface area contributed by atoms with Crippen molar-refractivity contribution in [2.45, 2.75) is 44.9 Å². The van der Waals surface area contributed by atoms with Crippen molar-refractivity contribution < 1.29 is 0 Å². The summed E-state index contributed by atoms with van der Waals surface area (Å²) in [6.45, 7) is 7.77. The standard InChI is InChI=1S/C11H20N2S/c1-7(2)8(3)13-11-12-6-10(14-11)9-4-5-9/h7-10H,4-6H2,1-3H3,(H,12,13). The monoisotopic (exact) mass is 212 g/mol. The molecule has 1 saturated carbocycles. The predicted octanol–water partition coefficient (Wildman–Crippen LogP) is 2.50. The molecule has 1 aliphatic carbocycles. The Kier molecular flexibility index (Phi) is 3.05. The molecule has 2 unspecified atom stereocenters. The van der Waals surface area contributed by atoms with Gasteiger partial charge in [-0.2, -0.15) is 0 Å². The molecule has 2 nitrogen and oxygen atoms in total. The van der Waals surface area contributed by atoms with Crippen LogP contribution < -0.4 is 5.32 Å². The van der Waals surface area contributed by atoms with E-state index in [0.717, 1.165) is 17.7 Å². The lowest BCUT2D eigenvalue weighted by atomic mass is 10.1. The molecule has 0 saturated heterocycles. The Morgan fingerprint density at radius 3 is 2.64 bits per heavy atom. The molecule has 1 heterocycles. The minimum atomic E-state index is 0.541. The van der Waals surface area contributed by atoms with E-state index in [2.05, 4.69) is 31.1 Å². The molecule has 0 spiro atoms. The van der Waals surface area contributed by atoms with E-state index in [1.54, 1.807) is 0 Å². The molecule has 0 radical (unpaired) electrons. The van der Waals surface area contributed by atoms with Crippen molar-refractivity contribution in [2.75, 3.05) is 6.54 Å². The van der Waals surface area contributed by atoms with Crippen LogP contribution >= 0.6 is 11.8 Å². The second-order valence-electron chi connectivity index (χ2n) is 4.82. The minimum Gasteiger partial charge on any atom is -0.362 e. The molecule has 2 aliphatic rings. The maximum absolute atomic E-state index is 4.57. The molecule has 2 rings (SSSR count). The molecular formula is C11H20N2S. The Balaban J connectivity index is 1.77. The van der Waals surface area contributed by atoms with Crippen LogP contribution in [0.25, 0.3) is 0 Å². The normalized spacial score (nSPS) is 29.1. The highest BCUT2D eigenvalue weighted by Crippen LogP contribution is 2.41. The number of amidine groups is 1. The number of nitrogens with one attached hydrogen (secondary N) is 1. The highest BCUT2D eigenvalue weighted by Gasteiger charge is 2.35. The zero-order valence-electron chi connectivity index (χ0n) is 9.29. The van der Waals surface area contributed by atoms with Gasteiger partial charge in [0.2, 0.25) is 0 Å². The van der Waals surface area contributed by atoms with Gasteiger partial charge in [0.25, 0.3) is 0 Å². The molecule has 14 heavy (non-hydrogen) atoms. The minimum absolute atomic E-state index is 0.541. The van der Waals surface area contributed by atoms with Gasteiger partial charge in [-0.1, -0.05) is 25.6 Å². The molecule has 0 aromatic rings. The topological polar surface area (TPSA) is 24.4 Å². The van der Waals surface area contributed by atoms with Gasteiger partial charge in [0.05, 0.1) is 6.54 Å². The second-order valence-corrected chi connectivity index (χ2v) is 6.04. The Bertz CT molecular complexity index is 233. The van der Waals surface area contributed by atoms with Crippen molar-refractivity contribution in [1.29, 1.82) is 0 Å². The van der Waals surface area contributed by atoms with Gasteiger partial charge in [0, 0.05) is 11.3 Å². The van der Waals surface area contributed by atoms with E-state index in [9.17, 15) is 0 Å². The fourth-order valence-corrected chi connectivity index (χ4v) is 2.85. The molecule has 1 N–H and O–H groups in total. The summed E-state index contributed by atoms with van der Waals surface area (Å²) in [5.41, 5.74) is 0. The van der Waals surface area contributed by atoms with Crippen LogP contribution in [0.3, 0.4) is 0 Å². The molecule has 0 bridgehead atoms. The van der Waals surface area contributed by atoms with Gasteiger partial charge >= 0.3 is 0 Å². The molecule has 1 aliphatic heterocycles. The number of rotatable bonds is 3. The third kappa shape index (κ3) is 2.44. The first-order chi connectivity index (χ1) is 6.66. The first-order valence-corrected chi connectivity index (χ1v) is 6.52. The number of aliphatic imine (C=N–C) groups is 1. The van der Waals surface area contributed by atoms with E-state index < -0.39 is 0 Å². The predicted molar refractivity (Wildman–Crippen MR) is 63.8 cm³/mol. The van der Waals surface area contributed by atoms with Gasteiger partial charge in [-0.25, -0.2) is 0 Å². The molecule has 0 amide bonds. The lowest BCUT2D eigenvalue weighted by molar-refractivity contribution is 0.489. The summed E-state index contributed by atoms with van der Waals surface area (Å²) < 4.78 is 0. The first kappa shape index (κ1) is 10.3. The van der Waals surface area contributed by atoms with E-state index in [0.29, 0.717) is 12.0 Å². The SMILES string of the molecule is CC(C)C(C)NC1=NCC(C2CC2)S1. The van der Waals surface area contributed by atoms with Crippen molar-refractivity contribution in [3.05, 3.63) is 0 Å². The van der Waals surface area contributed by atoms with Crippen LogP contribution in [-0.4, -0.2) is 23.0 Å². The number of thioether (sulfide) groups is 1. The van der Waals surface area contributed by atoms with Crippen LogP contribution in [-0.2, 0) is 0 Å². The summed E-state index contributed by atoms with van der Waals surface area (Å²) in [4.78, 5) is 4.57. The van der Waals surface area contributed by atoms with Crippen molar-refractivity contribution in [3.8, 4) is 0 Å². The average molecular weight is 212 g/mol. The Morgan fingerprint density at radius 1 is 1.36 bits per heavy atom. The van der Waals surface area contributed by atoms with Gasteiger partial charge in [-0.15, -0.1) is 0 Å². The lowest BCUT2D eigenvalue weighted by Gasteiger charge is -2.18. The summed E-state index contributed by atoms with van der Waals surface area (Å²) in [6, 6.07) is 0.541. The molecule has 3 heteroatoms. The first-order valence-electron chi connectivity index (χ1n) is 5.64. The molecule has 80 valence electrons. The number of hydrogen-bond donors (Lipinski definition) is 1. The Hall–Kier alpha value is -0.180. The van der Waals surface area contributed by atoms with Crippen LogP contribution in [0.4, 0.5) is 0 Å². The van der Waals surface area contributed by atoms with Crippen LogP contribution in [0.15, 0.2) is 4.99 Å². The quantitative estimate of drug-likeness (QED) is 0.777. The third-order valence-electron chi connectivity index (χ3n) is 3.18. The van der Waals surface area contributed by atoms with Crippen molar-refractivity contribution in [1.82, 2.24) is 5.32 Å². The van der Waals surface area contributed by atoms with Crippen LogP contribution in [0.2, 0.25) is 0 Å². The van der Waals surface area contributed by atoms with E-state index >= 15 is 0 Å². The molecule has 1 fully saturated rings. The van der Waals surface area contributed by atoms with E-state index in [1.165, 1.54) is 18.0 Å². The highest BCUT2D eigenvalue weighted by molar-refractivity contribution is 8.14. The van der Waals surface area contributed by atoms with Crippen LogP contribution in [0.5, 0.6) is 0 Å². The fraction of sp³-hybridized carbons (Fsp3) is 0.909. The maximum Gasteiger partial charge on any atom is 0.157 e. The summed E-state index contributed by atoms with van der Waals surface area (Å²) in [5.74, 6) is 1.65. The van der Waals surface area contributed by atoms with Gasteiger partial charge in [0.1, 0.15) is 0 Å². The van der Waals surface area contributed by atoms with Crippen molar-refractivity contribution in [2.24, 2.45) is 16.8 Å². The zero-order valence-corrected chi connectivity index (χ0v) is 10.1. The third-order valence-corrected chi connectivity index (χ3v) is 4.48. The number of hydrogen-bond acceptors (Lipinski definition) is 3. The van der Waals surface area contributed by atoms with Crippen molar-refractivity contribution >= 4 is 16.9 Å². The largest absolute Gasteiger partial charge is 0.362 e. The Labute approximate surface area is 90.9 Å². The summed E-state index contributed by atoms with van der Waals surface area (Å²) in [6.07, 6.45) is 2.86. The number of nitrogens with zero attached hydrogens (tertiary/aromatic N) is 1. The van der Waals surface area contributed by atoms with E-state index in [-0.39, 0.29) is 0 Å². The average Bonchev–Trinajstić information content (AvgIpc) is 2.88. The van der Waals surface area contributed by atoms with E-state index in [1.807, 2.05) is 11.8 Å². The summed E-state index contributed by atoms with van der Waals surface area (Å²) >= 11 is 1.97. The van der Waals surface area contributed by atoms with Crippen LogP contribution in [0, 0.1) is 11.8 Å². The van der Waals surface area contributed by atoms with Crippen LogP contribution in [0.1, 0.15) is 33.6 Å². The Morgan fingerprint density at radius 2 is 2.07 bits per heavy atom. The van der Waals surface area contributed by atoms with Gasteiger partial charge < -0.3 is 5.32 Å². The zero-order chi connectivity index (χ0) is 10.1. The second kappa shape index (κ2) is 4.13. The molecule has 2 atom stereocenters. The van der Waals surface area contributed by atoms with Gasteiger partial charge in [0.15, 0.2) is 5.17 Å².